The number of fused-ring (bicyclic) bond motifs is 1. The Labute approximate surface area is 148 Å². The lowest BCUT2D eigenvalue weighted by Crippen LogP contribution is -2.40. The molecule has 0 unspecified atom stereocenters. The Balaban J connectivity index is 2.60. The fraction of sp³-hybridized carbons (Fsp3) is 0.650. The van der Waals surface area contributed by atoms with Gasteiger partial charge in [-0.3, -0.25) is 14.4 Å². The number of hydrogen-bond acceptors (Lipinski definition) is 5. The van der Waals surface area contributed by atoms with Crippen LogP contribution in [0.3, 0.4) is 0 Å². The quantitative estimate of drug-likeness (QED) is 0.709. The van der Waals surface area contributed by atoms with Gasteiger partial charge in [0.05, 0.1) is 12.7 Å². The van der Waals surface area contributed by atoms with E-state index in [1.807, 2.05) is 6.92 Å². The van der Waals surface area contributed by atoms with Crippen molar-refractivity contribution in [3.8, 4) is 0 Å². The third kappa shape index (κ3) is 3.67. The number of carbonyl (C=O) groups is 3. The van der Waals surface area contributed by atoms with Gasteiger partial charge in [-0.1, -0.05) is 19.4 Å². The number of ketones is 3. The maximum atomic E-state index is 13.3. The second-order valence-electron chi connectivity index (χ2n) is 7.89. The minimum atomic E-state index is -1.03. The van der Waals surface area contributed by atoms with Crippen molar-refractivity contribution in [2.75, 3.05) is 6.61 Å². The van der Waals surface area contributed by atoms with Crippen molar-refractivity contribution < 1.29 is 24.6 Å². The van der Waals surface area contributed by atoms with Crippen LogP contribution in [0.1, 0.15) is 53.4 Å². The fourth-order valence-electron chi connectivity index (χ4n) is 3.83. The van der Waals surface area contributed by atoms with E-state index >= 15 is 0 Å². The summed E-state index contributed by atoms with van der Waals surface area (Å²) in [6.07, 6.45) is 1.38. The normalized spacial score (nSPS) is 34.5. The van der Waals surface area contributed by atoms with Crippen LogP contribution in [-0.2, 0) is 14.4 Å². The van der Waals surface area contributed by atoms with Gasteiger partial charge in [-0.05, 0) is 44.8 Å². The molecular formula is C20H28O5. The molecule has 4 atom stereocenters. The van der Waals surface area contributed by atoms with Gasteiger partial charge in [-0.25, -0.2) is 0 Å². The second-order valence-corrected chi connectivity index (χ2v) is 7.89. The van der Waals surface area contributed by atoms with Gasteiger partial charge in [0, 0.05) is 29.2 Å². The standard InChI is InChI=1S/C20H28O5/c1-11(2)14-8-16(22)12(3)5-6-20(4)15(19(14)25)9-17(23)13(10-21)7-18(20)24/h7,12,15,17,21,23H,5-6,8-10H2,1-4H3/t12-,15-,17-,20-/m1/s1. The summed E-state index contributed by atoms with van der Waals surface area (Å²) in [7, 11) is 0. The lowest BCUT2D eigenvalue weighted by molar-refractivity contribution is -0.135. The van der Waals surface area contributed by atoms with Crippen LogP contribution >= 0.6 is 0 Å². The van der Waals surface area contributed by atoms with Crippen molar-refractivity contribution in [2.24, 2.45) is 17.3 Å². The van der Waals surface area contributed by atoms with Crippen molar-refractivity contribution in [1.29, 1.82) is 0 Å². The van der Waals surface area contributed by atoms with Crippen LogP contribution in [0.2, 0.25) is 0 Å². The smallest absolute Gasteiger partial charge is 0.163 e. The summed E-state index contributed by atoms with van der Waals surface area (Å²) < 4.78 is 0. The van der Waals surface area contributed by atoms with Crippen LogP contribution in [0.15, 0.2) is 22.8 Å². The highest BCUT2D eigenvalue weighted by atomic mass is 16.3. The van der Waals surface area contributed by atoms with Gasteiger partial charge in [0.25, 0.3) is 0 Å². The minimum Gasteiger partial charge on any atom is -0.392 e. The summed E-state index contributed by atoms with van der Waals surface area (Å²) >= 11 is 0. The Morgan fingerprint density at radius 3 is 2.48 bits per heavy atom. The Bertz CT molecular complexity index is 653. The summed E-state index contributed by atoms with van der Waals surface area (Å²) in [6, 6.07) is 0. The zero-order valence-corrected chi connectivity index (χ0v) is 15.5. The average Bonchev–Trinajstić information content (AvgIpc) is 2.63. The predicted molar refractivity (Wildman–Crippen MR) is 93.8 cm³/mol. The summed E-state index contributed by atoms with van der Waals surface area (Å²) in [5.41, 5.74) is 0.513. The maximum absolute atomic E-state index is 13.3. The van der Waals surface area contributed by atoms with E-state index in [0.29, 0.717) is 18.4 Å². The molecule has 25 heavy (non-hydrogen) atoms. The molecule has 0 aromatic rings. The first-order valence-corrected chi connectivity index (χ1v) is 8.89. The average molecular weight is 348 g/mol. The molecule has 0 amide bonds. The number of aliphatic hydroxyl groups excluding tert-OH is 2. The van der Waals surface area contributed by atoms with E-state index in [9.17, 15) is 24.6 Å². The first-order valence-electron chi connectivity index (χ1n) is 8.89. The molecule has 0 saturated heterocycles. The molecule has 0 aromatic heterocycles. The second kappa shape index (κ2) is 7.34. The van der Waals surface area contributed by atoms with E-state index < -0.39 is 24.0 Å². The minimum absolute atomic E-state index is 0.0178. The zero-order chi connectivity index (χ0) is 18.9. The third-order valence-corrected chi connectivity index (χ3v) is 5.93. The number of carbonyl (C=O) groups excluding carboxylic acids is 3. The molecule has 1 saturated carbocycles. The SMILES string of the molecule is CC(C)=C1CC(=O)[C@H](C)CC[C@@]2(C)C(=O)C=C(CO)[C@H](O)C[C@@H]2C1=O. The Hall–Kier alpha value is -1.59. The van der Waals surface area contributed by atoms with Crippen LogP contribution in [-0.4, -0.2) is 40.3 Å². The van der Waals surface area contributed by atoms with Gasteiger partial charge in [-0.15, -0.1) is 0 Å². The molecule has 2 aliphatic carbocycles. The summed E-state index contributed by atoms with van der Waals surface area (Å²) in [5, 5.41) is 19.8. The summed E-state index contributed by atoms with van der Waals surface area (Å²) in [6.45, 7) is 6.78. The Kier molecular flexibility index (Phi) is 5.79. The predicted octanol–water partition coefficient (Wildman–Crippen LogP) is 2.16. The van der Waals surface area contributed by atoms with E-state index in [1.165, 1.54) is 6.08 Å². The number of hydrogen-bond donors (Lipinski definition) is 2. The van der Waals surface area contributed by atoms with Crippen molar-refractivity contribution in [3.05, 3.63) is 22.8 Å². The van der Waals surface area contributed by atoms with Gasteiger partial charge in [-0.2, -0.15) is 0 Å². The highest BCUT2D eigenvalue weighted by Gasteiger charge is 2.48. The lowest BCUT2D eigenvalue weighted by atomic mass is 9.66. The van der Waals surface area contributed by atoms with E-state index in [4.69, 9.17) is 0 Å². The van der Waals surface area contributed by atoms with Crippen molar-refractivity contribution >= 4 is 17.3 Å². The molecule has 2 N–H and O–H groups in total. The molecule has 2 rings (SSSR count). The van der Waals surface area contributed by atoms with Gasteiger partial charge in [0.1, 0.15) is 5.78 Å². The molecule has 0 spiro atoms. The molecule has 0 radical (unpaired) electrons. The molecule has 2 aliphatic rings. The first kappa shape index (κ1) is 19.7. The fourth-order valence-corrected chi connectivity index (χ4v) is 3.83. The van der Waals surface area contributed by atoms with Crippen molar-refractivity contribution in [1.82, 2.24) is 0 Å². The van der Waals surface area contributed by atoms with Gasteiger partial charge >= 0.3 is 0 Å². The molecule has 5 nitrogen and oxygen atoms in total. The van der Waals surface area contributed by atoms with Crippen LogP contribution in [0, 0.1) is 17.3 Å². The molecule has 0 aromatic carbocycles. The van der Waals surface area contributed by atoms with Gasteiger partial charge in [0.2, 0.25) is 0 Å². The first-order chi connectivity index (χ1) is 11.6. The van der Waals surface area contributed by atoms with Crippen molar-refractivity contribution in [2.45, 2.75) is 59.5 Å². The van der Waals surface area contributed by atoms with Gasteiger partial charge in [0.15, 0.2) is 11.6 Å². The molecule has 0 heterocycles. The highest BCUT2D eigenvalue weighted by Crippen LogP contribution is 2.44. The Morgan fingerprint density at radius 2 is 1.92 bits per heavy atom. The number of Topliss-reactive ketones (excluding diaryl/α,β-unsaturated/α-hetero) is 2. The highest BCUT2D eigenvalue weighted by molar-refractivity contribution is 6.07. The maximum Gasteiger partial charge on any atom is 0.163 e. The van der Waals surface area contributed by atoms with E-state index in [1.54, 1.807) is 20.8 Å². The molecular weight excluding hydrogens is 320 g/mol. The van der Waals surface area contributed by atoms with E-state index in [0.717, 1.165) is 5.57 Å². The van der Waals surface area contributed by atoms with Crippen LogP contribution in [0.5, 0.6) is 0 Å². The Morgan fingerprint density at radius 1 is 1.28 bits per heavy atom. The lowest BCUT2D eigenvalue weighted by Gasteiger charge is -2.34. The number of aliphatic hydroxyl groups is 2. The molecule has 0 aliphatic heterocycles. The molecule has 138 valence electrons. The number of allylic oxidation sites excluding steroid dienone is 3. The van der Waals surface area contributed by atoms with Crippen LogP contribution < -0.4 is 0 Å². The topological polar surface area (TPSA) is 91.7 Å². The molecule has 0 bridgehead atoms. The van der Waals surface area contributed by atoms with Crippen LogP contribution in [0.25, 0.3) is 0 Å². The van der Waals surface area contributed by atoms with Crippen LogP contribution in [0.4, 0.5) is 0 Å². The van der Waals surface area contributed by atoms with E-state index in [2.05, 4.69) is 0 Å². The third-order valence-electron chi connectivity index (χ3n) is 5.93. The largest absolute Gasteiger partial charge is 0.392 e. The molecule has 5 heteroatoms. The molecule has 1 fully saturated rings. The zero-order valence-electron chi connectivity index (χ0n) is 15.5. The van der Waals surface area contributed by atoms with Crippen molar-refractivity contribution in [3.63, 3.8) is 0 Å². The summed E-state index contributed by atoms with van der Waals surface area (Å²) in [5.74, 6) is -1.37. The number of rotatable bonds is 1. The van der Waals surface area contributed by atoms with Gasteiger partial charge < -0.3 is 10.2 Å². The monoisotopic (exact) mass is 348 g/mol. The van der Waals surface area contributed by atoms with E-state index in [-0.39, 0.29) is 41.7 Å². The summed E-state index contributed by atoms with van der Waals surface area (Å²) in [4.78, 5) is 38.6.